The highest BCUT2D eigenvalue weighted by Crippen LogP contribution is 2.36. The smallest absolute Gasteiger partial charge is 0.383 e. The van der Waals surface area contributed by atoms with Crippen molar-refractivity contribution >= 4 is 23.6 Å². The number of carbonyl (C=O) groups excluding carboxylic acids is 1. The van der Waals surface area contributed by atoms with Crippen molar-refractivity contribution in [2.24, 2.45) is 0 Å². The maximum absolute atomic E-state index is 13.0. The predicted molar refractivity (Wildman–Crippen MR) is 55.8 cm³/mol. The van der Waals surface area contributed by atoms with Gasteiger partial charge in [-0.1, -0.05) is 6.92 Å². The van der Waals surface area contributed by atoms with E-state index in [2.05, 4.69) is 0 Å². The number of carbonyl (C=O) groups is 2. The number of halogens is 4. The van der Waals surface area contributed by atoms with E-state index >= 15 is 0 Å². The fourth-order valence-electron chi connectivity index (χ4n) is 1.61. The Kier molecular flexibility index (Phi) is 4.46. The fourth-order valence-corrected chi connectivity index (χ4v) is 2.95. The van der Waals surface area contributed by atoms with Gasteiger partial charge in [0.2, 0.25) is 0 Å². The van der Waals surface area contributed by atoms with Crippen LogP contribution in [-0.4, -0.2) is 51.4 Å². The Bertz CT molecular complexity index is 353. The molecule has 0 aromatic heterocycles. The largest absolute Gasteiger partial charge is 0.480 e. The van der Waals surface area contributed by atoms with Gasteiger partial charge < -0.3 is 10.0 Å². The minimum absolute atomic E-state index is 0.0844. The van der Waals surface area contributed by atoms with Gasteiger partial charge in [0.1, 0.15) is 6.04 Å². The van der Waals surface area contributed by atoms with Crippen molar-refractivity contribution in [3.8, 4) is 0 Å². The topological polar surface area (TPSA) is 57.6 Å². The summed E-state index contributed by atoms with van der Waals surface area (Å²) in [6.07, 6.45) is -3.94. The first-order valence-electron chi connectivity index (χ1n) is 5.06. The Morgan fingerprint density at radius 1 is 1.50 bits per heavy atom. The summed E-state index contributed by atoms with van der Waals surface area (Å²) < 4.78 is 50.2. The lowest BCUT2D eigenvalue weighted by molar-refractivity contribution is -0.184. The first-order valence-corrected chi connectivity index (χ1v) is 6.11. The summed E-state index contributed by atoms with van der Waals surface area (Å²) >= 11 is 0.989. The average molecular weight is 289 g/mol. The minimum Gasteiger partial charge on any atom is -0.480 e. The molecule has 0 bridgehead atoms. The van der Waals surface area contributed by atoms with Crippen molar-refractivity contribution in [2.45, 2.75) is 37.1 Å². The molecule has 1 rings (SSSR count). The number of carboxylic acids is 1. The minimum atomic E-state index is -4.86. The Balaban J connectivity index is 3.02. The molecule has 1 fully saturated rings. The van der Waals surface area contributed by atoms with Gasteiger partial charge in [0.05, 0.1) is 5.37 Å². The van der Waals surface area contributed by atoms with Gasteiger partial charge in [0.15, 0.2) is 0 Å². The molecule has 0 saturated carbocycles. The third-order valence-electron chi connectivity index (χ3n) is 2.52. The summed E-state index contributed by atoms with van der Waals surface area (Å²) in [6, 6.07) is -1.49. The SMILES string of the molecule is CCC1SCC(C(=O)O)N1C(=O)C(F)(F)C(F)F. The zero-order chi connectivity index (χ0) is 14.1. The second-order valence-corrected chi connectivity index (χ2v) is 4.90. The molecule has 2 unspecified atom stereocenters. The van der Waals surface area contributed by atoms with E-state index in [0.29, 0.717) is 4.90 Å². The zero-order valence-corrected chi connectivity index (χ0v) is 10.1. The molecule has 2 atom stereocenters. The van der Waals surface area contributed by atoms with E-state index in [0.717, 1.165) is 11.8 Å². The Morgan fingerprint density at radius 2 is 2.06 bits per heavy atom. The van der Waals surface area contributed by atoms with Crippen LogP contribution in [0.4, 0.5) is 17.6 Å². The Morgan fingerprint density at radius 3 is 2.44 bits per heavy atom. The van der Waals surface area contributed by atoms with Crippen LogP contribution in [0.3, 0.4) is 0 Å². The lowest BCUT2D eigenvalue weighted by atomic mass is 10.2. The van der Waals surface area contributed by atoms with E-state index in [1.54, 1.807) is 6.92 Å². The summed E-state index contributed by atoms with van der Waals surface area (Å²) in [4.78, 5) is 22.6. The quantitative estimate of drug-likeness (QED) is 0.800. The molecule has 1 aliphatic rings. The zero-order valence-electron chi connectivity index (χ0n) is 9.28. The van der Waals surface area contributed by atoms with Crippen LogP contribution in [0.25, 0.3) is 0 Å². The number of nitrogens with zero attached hydrogens (tertiary/aromatic N) is 1. The number of hydrogen-bond acceptors (Lipinski definition) is 3. The van der Waals surface area contributed by atoms with E-state index in [-0.39, 0.29) is 12.2 Å². The van der Waals surface area contributed by atoms with Crippen molar-refractivity contribution in [2.75, 3.05) is 5.75 Å². The molecule has 4 nitrogen and oxygen atoms in total. The van der Waals surface area contributed by atoms with E-state index in [1.807, 2.05) is 0 Å². The normalized spacial score (nSPS) is 24.7. The van der Waals surface area contributed by atoms with Crippen LogP contribution in [0.15, 0.2) is 0 Å². The van der Waals surface area contributed by atoms with Crippen molar-refractivity contribution < 1.29 is 32.3 Å². The summed E-state index contributed by atoms with van der Waals surface area (Å²) in [5.41, 5.74) is 0. The summed E-state index contributed by atoms with van der Waals surface area (Å²) in [5, 5.41) is 7.99. The van der Waals surface area contributed by atoms with Gasteiger partial charge >= 0.3 is 24.2 Å². The predicted octanol–water partition coefficient (Wildman–Crippen LogP) is 1.65. The van der Waals surface area contributed by atoms with Crippen LogP contribution in [0.5, 0.6) is 0 Å². The lowest BCUT2D eigenvalue weighted by Gasteiger charge is -2.29. The van der Waals surface area contributed by atoms with Gasteiger partial charge in [-0.05, 0) is 6.42 Å². The van der Waals surface area contributed by atoms with Gasteiger partial charge in [-0.15, -0.1) is 11.8 Å². The number of aliphatic carboxylic acids is 1. The van der Waals surface area contributed by atoms with Gasteiger partial charge in [-0.25, -0.2) is 13.6 Å². The number of thioether (sulfide) groups is 1. The molecule has 1 heterocycles. The molecule has 0 aromatic carbocycles. The molecular weight excluding hydrogens is 278 g/mol. The molecule has 104 valence electrons. The summed E-state index contributed by atoms with van der Waals surface area (Å²) in [5.74, 6) is -8.54. The highest BCUT2D eigenvalue weighted by Gasteiger charge is 2.56. The molecule has 1 saturated heterocycles. The van der Waals surface area contributed by atoms with Crippen LogP contribution < -0.4 is 0 Å². The molecule has 1 N–H and O–H groups in total. The fraction of sp³-hybridized carbons (Fsp3) is 0.778. The van der Waals surface area contributed by atoms with E-state index in [1.165, 1.54) is 0 Å². The highest BCUT2D eigenvalue weighted by atomic mass is 32.2. The van der Waals surface area contributed by atoms with Crippen molar-refractivity contribution in [3.63, 3.8) is 0 Å². The summed E-state index contributed by atoms with van der Waals surface area (Å²) in [7, 11) is 0. The van der Waals surface area contributed by atoms with Crippen LogP contribution in [-0.2, 0) is 9.59 Å². The third kappa shape index (κ3) is 2.55. The number of carboxylic acid groups (broad SMARTS) is 1. The summed E-state index contributed by atoms with van der Waals surface area (Å²) in [6.45, 7) is 1.56. The molecule has 1 aliphatic heterocycles. The van der Waals surface area contributed by atoms with Gasteiger partial charge in [-0.3, -0.25) is 4.79 Å². The second kappa shape index (κ2) is 5.33. The van der Waals surface area contributed by atoms with E-state index in [9.17, 15) is 27.2 Å². The maximum atomic E-state index is 13.0. The maximum Gasteiger partial charge on any atom is 0.383 e. The molecule has 0 aliphatic carbocycles. The third-order valence-corrected chi connectivity index (χ3v) is 3.97. The number of rotatable bonds is 4. The van der Waals surface area contributed by atoms with Crippen LogP contribution in [0, 0.1) is 0 Å². The highest BCUT2D eigenvalue weighted by molar-refractivity contribution is 8.00. The number of amides is 1. The van der Waals surface area contributed by atoms with Gasteiger partial charge in [0.25, 0.3) is 0 Å². The van der Waals surface area contributed by atoms with Crippen LogP contribution in [0.1, 0.15) is 13.3 Å². The molecule has 1 amide bonds. The molecule has 0 spiro atoms. The van der Waals surface area contributed by atoms with Crippen molar-refractivity contribution in [1.29, 1.82) is 0 Å². The first kappa shape index (κ1) is 15.1. The Labute approximate surface area is 104 Å². The Hall–Kier alpha value is -0.990. The molecule has 0 radical (unpaired) electrons. The lowest BCUT2D eigenvalue weighted by Crippen LogP contribution is -2.54. The van der Waals surface area contributed by atoms with Crippen molar-refractivity contribution in [1.82, 2.24) is 4.90 Å². The van der Waals surface area contributed by atoms with Gasteiger partial charge in [-0.2, -0.15) is 8.78 Å². The molecule has 0 aromatic rings. The first-order chi connectivity index (χ1) is 8.23. The second-order valence-electron chi connectivity index (χ2n) is 3.69. The molecule has 9 heteroatoms. The van der Waals surface area contributed by atoms with Gasteiger partial charge in [0, 0.05) is 5.75 Å². The van der Waals surface area contributed by atoms with E-state index in [4.69, 9.17) is 5.11 Å². The van der Waals surface area contributed by atoms with Crippen molar-refractivity contribution in [3.05, 3.63) is 0 Å². The number of hydrogen-bond donors (Lipinski definition) is 1. The monoisotopic (exact) mass is 289 g/mol. The molecular formula is C9H11F4NO3S. The average Bonchev–Trinajstić information content (AvgIpc) is 2.70. The van der Waals surface area contributed by atoms with E-state index < -0.39 is 35.6 Å². The van der Waals surface area contributed by atoms with Crippen LogP contribution in [0.2, 0.25) is 0 Å². The number of alkyl halides is 4. The van der Waals surface area contributed by atoms with Crippen LogP contribution >= 0.6 is 11.8 Å². The molecule has 18 heavy (non-hydrogen) atoms. The standard InChI is InChI=1S/C9H11F4NO3S/c1-2-5-14(4(3-18-5)6(15)16)8(17)9(12,13)7(10)11/h4-5,7H,2-3H2,1H3,(H,15,16).